The predicted octanol–water partition coefficient (Wildman–Crippen LogP) is 10.2. The number of alkyl carbamates (subject to hydrolysis) is 1. The minimum absolute atomic E-state index is 0.00936. The second-order valence-corrected chi connectivity index (χ2v) is 37.8. The molecule has 0 aliphatic heterocycles. The summed E-state index contributed by atoms with van der Waals surface area (Å²) in [5.74, 6) is -2.60. The van der Waals surface area contributed by atoms with Crippen molar-refractivity contribution in [2.45, 2.75) is 278 Å². The lowest BCUT2D eigenvalue weighted by molar-refractivity contribution is -0.131. The Balaban J connectivity index is 0.000000790. The van der Waals surface area contributed by atoms with Crippen molar-refractivity contribution in [3.63, 3.8) is 0 Å². The van der Waals surface area contributed by atoms with E-state index in [-0.39, 0.29) is 226 Å². The van der Waals surface area contributed by atoms with Gasteiger partial charge in [0.25, 0.3) is 0 Å². The molecule has 0 heterocycles. The maximum absolute atomic E-state index is 13.7. The summed E-state index contributed by atoms with van der Waals surface area (Å²) < 4.78 is 72.8. The molecular weight excluding hydrogens is 1480 g/mol. The third-order valence-corrected chi connectivity index (χ3v) is 22.4. The number of carbonyl (C=O) groups excluding carboxylic acids is 11. The first-order valence-corrected chi connectivity index (χ1v) is 42.4. The van der Waals surface area contributed by atoms with Crippen molar-refractivity contribution in [3.05, 3.63) is 29.8 Å². The van der Waals surface area contributed by atoms with E-state index in [9.17, 15) is 71.7 Å². The summed E-state index contributed by atoms with van der Waals surface area (Å²) in [6.07, 6.45) is 8.71. The lowest BCUT2D eigenvalue weighted by Gasteiger charge is -2.24. The van der Waals surface area contributed by atoms with Gasteiger partial charge in [-0.2, -0.15) is 0 Å². The first-order chi connectivity index (χ1) is 51.9. The standard InChI is InChI=1S/C45H76N5O13P.C33H59N2O11P/c1-31(2)40(50-39(53)14-10-9-13-37(51)33-17-20-36(28-33)63-44(3,4)5)38(52)29-34(12-11-21-47-42(46)55)41(54)49-35-18-15-32(16-19-35)30-61-43(56)48-22-23-59-24-25-60-26-27-62-64(57,58)45(6,7)8;1-32(2,3)46-28-14-11-25(23-28)29(38)10-8-7-9-26(36)12-15-31(40)35-24-27(37)13-16-30(39)34-17-18-43-19-20-44-21-22-45-47(41,42)33(4,5)6/h15-16,18-19,31,33-34,36,40H,9-14,17,20-30H2,1-8H3,(H,48,56)(H,49,54)(H,50,53)(H,57,58)(H3,46,47,55);25,28H,7-24H2,1-6H3,(H,34,39)(H,35,40)(H,41,42)/t33?,34-,36+,40+;25?,28-/m10/s1. The highest BCUT2D eigenvalue weighted by molar-refractivity contribution is 7.54. The minimum Gasteiger partial charge on any atom is -0.445 e. The van der Waals surface area contributed by atoms with Crippen molar-refractivity contribution in [2.24, 2.45) is 29.4 Å². The Morgan fingerprint density at radius 3 is 1.43 bits per heavy atom. The number of nitrogens with one attached hydrogen (secondary N) is 6. The smallest absolute Gasteiger partial charge is 0.407 e. The van der Waals surface area contributed by atoms with Crippen molar-refractivity contribution < 1.29 is 114 Å². The molecule has 8 atom stereocenters. The van der Waals surface area contributed by atoms with Crippen LogP contribution in [0.1, 0.15) is 237 Å². The van der Waals surface area contributed by atoms with Gasteiger partial charge in [-0.05, 0) is 184 Å². The Bertz CT molecular complexity index is 3130. The van der Waals surface area contributed by atoms with Crippen molar-refractivity contribution in [1.82, 2.24) is 26.6 Å². The molecule has 1 aromatic rings. The largest absolute Gasteiger partial charge is 0.445 e. The number of hydrogen-bond acceptors (Lipinski definition) is 22. The van der Waals surface area contributed by atoms with Crippen LogP contribution in [-0.4, -0.2) is 206 Å². The van der Waals surface area contributed by atoms with E-state index in [4.69, 9.17) is 47.9 Å². The highest BCUT2D eigenvalue weighted by Crippen LogP contribution is 2.55. The number of primary amides is 1. The van der Waals surface area contributed by atoms with Gasteiger partial charge in [0.1, 0.15) is 24.0 Å². The van der Waals surface area contributed by atoms with Crippen LogP contribution in [0.2, 0.25) is 0 Å². The van der Waals surface area contributed by atoms with Gasteiger partial charge in [0, 0.05) is 101 Å². The molecule has 0 saturated heterocycles. The summed E-state index contributed by atoms with van der Waals surface area (Å²) in [5, 5.41) is 14.2. The quantitative estimate of drug-likeness (QED) is 0.0216. The van der Waals surface area contributed by atoms with Crippen LogP contribution < -0.4 is 37.6 Å². The zero-order valence-electron chi connectivity index (χ0n) is 68.7. The molecule has 2 fully saturated rings. The number of Topliss-reactive ketones (excluding diaryl/α,β-unsaturated/α-hetero) is 5. The average molecular weight is 1620 g/mol. The van der Waals surface area contributed by atoms with Gasteiger partial charge in [-0.15, -0.1) is 0 Å². The molecule has 3 rings (SSSR count). The van der Waals surface area contributed by atoms with Gasteiger partial charge in [-0.1, -0.05) is 26.0 Å². The molecule has 0 aromatic heterocycles. The molecule has 0 spiro atoms. The monoisotopic (exact) mass is 1620 g/mol. The Hall–Kier alpha value is -5.95. The number of ketones is 5. The molecule has 0 radical (unpaired) electrons. The van der Waals surface area contributed by atoms with E-state index in [0.29, 0.717) is 62.6 Å². The predicted molar refractivity (Wildman–Crippen MR) is 420 cm³/mol. The number of rotatable bonds is 55. The lowest BCUT2D eigenvalue weighted by Crippen LogP contribution is -2.45. The fourth-order valence-electron chi connectivity index (χ4n) is 11.6. The fraction of sp³-hybridized carbons (Fsp3) is 0.782. The van der Waals surface area contributed by atoms with Crippen LogP contribution in [0.25, 0.3) is 0 Å². The lowest BCUT2D eigenvalue weighted by atomic mass is 9.89. The zero-order valence-corrected chi connectivity index (χ0v) is 70.4. The molecule has 0 bridgehead atoms. The van der Waals surface area contributed by atoms with Crippen LogP contribution in [0.15, 0.2) is 24.3 Å². The molecule has 2 aliphatic rings. The third-order valence-electron chi connectivity index (χ3n) is 18.0. The van der Waals surface area contributed by atoms with Gasteiger partial charge in [0.05, 0.1) is 112 Å². The summed E-state index contributed by atoms with van der Waals surface area (Å²) in [7, 11) is -7.45. The van der Waals surface area contributed by atoms with E-state index in [1.54, 1.807) is 65.8 Å². The average Bonchev–Trinajstić information content (AvgIpc) is 1.79. The summed E-state index contributed by atoms with van der Waals surface area (Å²) >= 11 is 0. The van der Waals surface area contributed by atoms with Gasteiger partial charge in [-0.3, -0.25) is 52.3 Å². The van der Waals surface area contributed by atoms with E-state index < -0.39 is 61.4 Å². The molecule has 4 unspecified atom stereocenters. The van der Waals surface area contributed by atoms with Gasteiger partial charge >= 0.3 is 27.3 Å². The normalized spacial score (nSPS) is 17.6. The summed E-state index contributed by atoms with van der Waals surface area (Å²) in [6, 6.07) is 5.14. The van der Waals surface area contributed by atoms with E-state index >= 15 is 0 Å². The first kappa shape index (κ1) is 101. The molecule has 10 N–H and O–H groups in total. The maximum Gasteiger partial charge on any atom is 0.407 e. The third kappa shape index (κ3) is 47.5. The molecule has 31 nitrogen and oxygen atoms in total. The summed E-state index contributed by atoms with van der Waals surface area (Å²) in [4.78, 5) is 157. The number of carbonyl (C=O) groups is 11. The van der Waals surface area contributed by atoms with Gasteiger partial charge in [0.2, 0.25) is 23.6 Å². The highest BCUT2D eigenvalue weighted by atomic mass is 31.2. The molecule has 111 heavy (non-hydrogen) atoms. The van der Waals surface area contributed by atoms with Crippen LogP contribution in [-0.2, 0) is 101 Å². The number of unbranched alkanes of at least 4 members (excludes halogenated alkanes) is 2. The number of amides is 7. The maximum atomic E-state index is 13.7. The Morgan fingerprint density at radius 1 is 0.505 bits per heavy atom. The van der Waals surface area contributed by atoms with Crippen molar-refractivity contribution in [3.8, 4) is 0 Å². The fourth-order valence-corrected chi connectivity index (χ4v) is 13.0. The van der Waals surface area contributed by atoms with Crippen LogP contribution in [0.3, 0.4) is 0 Å². The number of anilines is 1. The number of nitrogens with two attached hydrogens (primary N) is 1. The van der Waals surface area contributed by atoms with E-state index in [0.717, 1.165) is 38.5 Å². The Morgan fingerprint density at radius 2 is 0.955 bits per heavy atom. The van der Waals surface area contributed by atoms with Crippen molar-refractivity contribution in [1.29, 1.82) is 0 Å². The van der Waals surface area contributed by atoms with Gasteiger partial charge in [0.15, 0.2) is 11.6 Å². The van der Waals surface area contributed by atoms with Gasteiger partial charge < -0.3 is 89.6 Å². The summed E-state index contributed by atoms with van der Waals surface area (Å²) in [6.45, 7) is 27.6. The van der Waals surface area contributed by atoms with Crippen molar-refractivity contribution in [2.75, 3.05) is 97.6 Å². The van der Waals surface area contributed by atoms with Crippen molar-refractivity contribution >= 4 is 85.5 Å². The Labute approximate surface area is 658 Å². The molecule has 7 amide bonds. The first-order valence-electron chi connectivity index (χ1n) is 39.3. The molecule has 1 aromatic carbocycles. The van der Waals surface area contributed by atoms with E-state index in [1.165, 1.54) is 0 Å². The molecule has 2 aliphatic carbocycles. The second-order valence-electron chi connectivity index (χ2n) is 32.6. The second kappa shape index (κ2) is 52.5. The van der Waals surface area contributed by atoms with E-state index in [1.807, 2.05) is 55.4 Å². The SMILES string of the molecule is CC(C)(C)O[C@H]1CCC(C(=O)CCCCC(=O)CCC(=O)NCC(=O)CCC(=O)NCCOCCOCCOP(=O)(O)C(C)(C)C)C1.CC(C)[C@H](NC(=O)CCCCC(=O)C1CC[C@H](OC(C)(C)C)C1)C(=O)C[C@@H](CCCNC(N)=O)C(=O)Nc1ccc(COC(=O)NCCOCCOCCOP(=O)(O)C(C)(C)C)cc1. The van der Waals surface area contributed by atoms with Crippen LogP contribution in [0, 0.1) is 23.7 Å². The van der Waals surface area contributed by atoms with Crippen LogP contribution >= 0.6 is 15.2 Å². The molecular formula is C78H135N7O24P2. The van der Waals surface area contributed by atoms with Crippen LogP contribution in [0.5, 0.6) is 0 Å². The molecule has 636 valence electrons. The molecule has 2 saturated carbocycles. The highest BCUT2D eigenvalue weighted by Gasteiger charge is 2.38. The minimum atomic E-state index is -3.74. The van der Waals surface area contributed by atoms with Gasteiger partial charge in [-0.25, -0.2) is 9.59 Å². The zero-order chi connectivity index (χ0) is 83.4. The topological polar surface area (TPSA) is 444 Å². The number of hydrogen-bond donors (Lipinski definition) is 9. The van der Waals surface area contributed by atoms with Crippen LogP contribution in [0.4, 0.5) is 15.3 Å². The summed E-state index contributed by atoms with van der Waals surface area (Å²) in [5.41, 5.74) is 5.85. The molecule has 33 heteroatoms. The van der Waals surface area contributed by atoms with E-state index in [2.05, 4.69) is 31.9 Å². The number of benzene rings is 1. The number of ether oxygens (including phenoxy) is 7. The Kier molecular flexibility index (Phi) is 47.8. The number of urea groups is 1.